The van der Waals surface area contributed by atoms with E-state index < -0.39 is 6.86 Å². The Kier molecular flexibility index (Phi) is 3.26. The number of hydrogen-bond donors (Lipinski definition) is 0. The molecule has 0 aliphatic carbocycles. The van der Waals surface area contributed by atoms with Gasteiger partial charge in [-0.25, -0.2) is 0 Å². The average Bonchev–Trinajstić information content (AvgIpc) is 2.61. The maximum Gasteiger partial charge on any atom is 0.391 e. The summed E-state index contributed by atoms with van der Waals surface area (Å²) in [6, 6.07) is 9.65. The van der Waals surface area contributed by atoms with Gasteiger partial charge in [-0.3, -0.25) is 0 Å². The van der Waals surface area contributed by atoms with Crippen molar-refractivity contribution in [2.24, 2.45) is 7.05 Å². The maximum atomic E-state index is 6.49. The van der Waals surface area contributed by atoms with E-state index in [0.717, 1.165) is 5.19 Å². The van der Waals surface area contributed by atoms with Crippen LogP contribution in [0.5, 0.6) is 0 Å². The van der Waals surface area contributed by atoms with Gasteiger partial charge >= 0.3 is 6.86 Å². The van der Waals surface area contributed by atoms with E-state index in [1.807, 2.05) is 54.3 Å². The maximum absolute atomic E-state index is 6.49. The first kappa shape index (κ1) is 11.9. The number of aromatic nitrogens is 2. The molecular formula is C10H10Cl2N2SSi. The Morgan fingerprint density at radius 3 is 2.25 bits per heavy atom. The zero-order valence-electron chi connectivity index (χ0n) is 8.60. The van der Waals surface area contributed by atoms with Crippen molar-refractivity contribution in [2.45, 2.75) is 0 Å². The van der Waals surface area contributed by atoms with Gasteiger partial charge in [-0.15, -0.1) is 22.2 Å². The smallest absolute Gasteiger partial charge is 0.327 e. The molecule has 0 atom stereocenters. The van der Waals surface area contributed by atoms with Gasteiger partial charge in [0.2, 0.25) is 0 Å². The standard InChI is InChI=1S/C10H10Cl2N2SSi/c1-13-7-8-14(10(13)15)16(11,12)9-5-3-2-4-6-9/h2-8H,1H3. The molecule has 0 unspecified atom stereocenters. The van der Waals surface area contributed by atoms with Gasteiger partial charge in [-0.1, -0.05) is 30.3 Å². The van der Waals surface area contributed by atoms with Crippen molar-refractivity contribution in [1.82, 2.24) is 8.80 Å². The highest BCUT2D eigenvalue weighted by Crippen LogP contribution is 2.18. The molecule has 0 radical (unpaired) electrons. The lowest BCUT2D eigenvalue weighted by atomic mass is 10.4. The summed E-state index contributed by atoms with van der Waals surface area (Å²) in [6.07, 6.45) is 3.69. The Bertz CT molecular complexity index is 547. The van der Waals surface area contributed by atoms with Crippen LogP contribution in [0, 0.1) is 4.77 Å². The van der Waals surface area contributed by atoms with Crippen molar-refractivity contribution in [3.05, 3.63) is 47.5 Å². The van der Waals surface area contributed by atoms with Crippen molar-refractivity contribution in [1.29, 1.82) is 0 Å². The summed E-state index contributed by atoms with van der Waals surface area (Å²) in [4.78, 5) is 0. The van der Waals surface area contributed by atoms with E-state index in [0.29, 0.717) is 4.77 Å². The van der Waals surface area contributed by atoms with Gasteiger partial charge in [0, 0.05) is 19.4 Å². The van der Waals surface area contributed by atoms with Gasteiger partial charge in [0.25, 0.3) is 0 Å². The molecule has 0 amide bonds. The fourth-order valence-corrected chi connectivity index (χ4v) is 5.39. The third kappa shape index (κ3) is 1.98. The van der Waals surface area contributed by atoms with Gasteiger partial charge in [0.05, 0.1) is 0 Å². The molecule has 0 aliphatic heterocycles. The molecule has 0 N–H and O–H groups in total. The fourth-order valence-electron chi connectivity index (χ4n) is 1.46. The predicted octanol–water partition coefficient (Wildman–Crippen LogP) is 2.73. The second-order valence-electron chi connectivity index (χ2n) is 3.47. The van der Waals surface area contributed by atoms with Gasteiger partial charge in [0.15, 0.2) is 4.77 Å². The van der Waals surface area contributed by atoms with Crippen molar-refractivity contribution in [3.8, 4) is 0 Å². The number of rotatable bonds is 2. The first-order chi connectivity index (χ1) is 7.53. The zero-order valence-corrected chi connectivity index (χ0v) is 11.9. The molecule has 0 saturated carbocycles. The summed E-state index contributed by atoms with van der Waals surface area (Å²) in [5, 5.41) is 0.931. The summed E-state index contributed by atoms with van der Waals surface area (Å²) in [6.45, 7) is -2.74. The van der Waals surface area contributed by atoms with Crippen LogP contribution in [0.3, 0.4) is 0 Å². The second kappa shape index (κ2) is 4.37. The van der Waals surface area contributed by atoms with E-state index in [1.54, 1.807) is 4.23 Å². The second-order valence-corrected chi connectivity index (χ2v) is 9.84. The van der Waals surface area contributed by atoms with Crippen LogP contribution in [-0.2, 0) is 7.05 Å². The molecule has 0 saturated heterocycles. The van der Waals surface area contributed by atoms with Crippen LogP contribution in [0.4, 0.5) is 0 Å². The number of aryl methyl sites for hydroxylation is 1. The molecule has 0 aliphatic rings. The fraction of sp³-hybridized carbons (Fsp3) is 0.100. The summed E-state index contributed by atoms with van der Waals surface area (Å²) < 4.78 is 4.26. The van der Waals surface area contributed by atoms with E-state index in [-0.39, 0.29) is 0 Å². The van der Waals surface area contributed by atoms with Gasteiger partial charge in [0.1, 0.15) is 0 Å². The molecule has 2 nitrogen and oxygen atoms in total. The van der Waals surface area contributed by atoms with Crippen LogP contribution in [0.15, 0.2) is 42.7 Å². The van der Waals surface area contributed by atoms with Crippen molar-refractivity contribution >= 4 is 46.4 Å². The van der Waals surface area contributed by atoms with Crippen molar-refractivity contribution in [2.75, 3.05) is 0 Å². The van der Waals surface area contributed by atoms with Crippen LogP contribution in [0.25, 0.3) is 0 Å². The van der Waals surface area contributed by atoms with E-state index >= 15 is 0 Å². The number of imidazole rings is 1. The minimum Gasteiger partial charge on any atom is -0.327 e. The number of hydrogen-bond acceptors (Lipinski definition) is 1. The highest BCUT2D eigenvalue weighted by molar-refractivity contribution is 7.71. The van der Waals surface area contributed by atoms with Crippen LogP contribution < -0.4 is 5.19 Å². The zero-order chi connectivity index (χ0) is 11.8. The average molecular weight is 289 g/mol. The van der Waals surface area contributed by atoms with Gasteiger partial charge in [-0.05, 0) is 17.4 Å². The lowest BCUT2D eigenvalue weighted by molar-refractivity contribution is 0.880. The number of benzene rings is 1. The lowest BCUT2D eigenvalue weighted by Crippen LogP contribution is -2.44. The summed E-state index contributed by atoms with van der Waals surface area (Å²) in [5.74, 6) is 0. The van der Waals surface area contributed by atoms with Crippen LogP contribution in [0.1, 0.15) is 0 Å². The number of nitrogens with zero attached hydrogens (tertiary/aromatic N) is 2. The summed E-state index contributed by atoms with van der Waals surface area (Å²) >= 11 is 18.3. The molecule has 1 aromatic carbocycles. The molecule has 1 aromatic heterocycles. The molecule has 2 aromatic rings. The molecule has 6 heteroatoms. The Morgan fingerprint density at radius 1 is 1.12 bits per heavy atom. The summed E-state index contributed by atoms with van der Waals surface area (Å²) in [7, 11) is 1.88. The van der Waals surface area contributed by atoms with Gasteiger partial charge < -0.3 is 8.80 Å². The largest absolute Gasteiger partial charge is 0.391 e. The Hall–Kier alpha value is -0.553. The van der Waals surface area contributed by atoms with Crippen LogP contribution in [-0.4, -0.2) is 15.7 Å². The van der Waals surface area contributed by atoms with Crippen LogP contribution in [0.2, 0.25) is 0 Å². The monoisotopic (exact) mass is 288 g/mol. The highest BCUT2D eigenvalue weighted by Gasteiger charge is 2.34. The minimum atomic E-state index is -2.74. The molecule has 0 spiro atoms. The van der Waals surface area contributed by atoms with E-state index in [1.165, 1.54) is 0 Å². The molecule has 0 fully saturated rings. The SMILES string of the molecule is Cn1ccn([Si](Cl)(Cl)c2ccccc2)c1=S. The molecule has 1 heterocycles. The quantitative estimate of drug-likeness (QED) is 0.469. The normalized spacial score (nSPS) is 11.7. The minimum absolute atomic E-state index is 0.639. The predicted molar refractivity (Wildman–Crippen MR) is 73.2 cm³/mol. The van der Waals surface area contributed by atoms with E-state index in [4.69, 9.17) is 34.4 Å². The van der Waals surface area contributed by atoms with E-state index in [9.17, 15) is 0 Å². The third-order valence-electron chi connectivity index (χ3n) is 2.37. The van der Waals surface area contributed by atoms with E-state index in [2.05, 4.69) is 0 Å². The number of halogens is 2. The Morgan fingerprint density at radius 2 is 1.75 bits per heavy atom. The first-order valence-electron chi connectivity index (χ1n) is 4.71. The molecule has 16 heavy (non-hydrogen) atoms. The molecule has 0 bridgehead atoms. The third-order valence-corrected chi connectivity index (χ3v) is 7.41. The Balaban J connectivity index is 2.55. The topological polar surface area (TPSA) is 9.86 Å². The van der Waals surface area contributed by atoms with Crippen LogP contribution >= 0.6 is 34.4 Å². The van der Waals surface area contributed by atoms with Gasteiger partial charge in [-0.2, -0.15) is 0 Å². The highest BCUT2D eigenvalue weighted by atomic mass is 35.7. The molecule has 84 valence electrons. The first-order valence-corrected chi connectivity index (χ1v) is 9.09. The molecule has 2 rings (SSSR count). The Labute approximate surface area is 110 Å². The molecular weight excluding hydrogens is 279 g/mol. The summed E-state index contributed by atoms with van der Waals surface area (Å²) in [5.41, 5.74) is 0. The lowest BCUT2D eigenvalue weighted by Gasteiger charge is -2.18. The van der Waals surface area contributed by atoms with Crippen molar-refractivity contribution < 1.29 is 0 Å². The van der Waals surface area contributed by atoms with Crippen molar-refractivity contribution in [3.63, 3.8) is 0 Å².